The molecule has 0 heterocycles. The van der Waals surface area contributed by atoms with Crippen molar-refractivity contribution in [3.8, 4) is 0 Å². The molecule has 1 aliphatic carbocycles. The van der Waals surface area contributed by atoms with Gasteiger partial charge in [0.2, 0.25) is 0 Å². The first-order valence-corrected chi connectivity index (χ1v) is 5.49. The first-order chi connectivity index (χ1) is 6.83. The van der Waals surface area contributed by atoms with Crippen LogP contribution in [0.15, 0.2) is 12.2 Å². The number of urea groups is 1. The molecule has 0 saturated carbocycles. The van der Waals surface area contributed by atoms with Crippen molar-refractivity contribution in [1.82, 2.24) is 10.6 Å². The van der Waals surface area contributed by atoms with Crippen LogP contribution in [-0.2, 0) is 0 Å². The first kappa shape index (κ1) is 11.1. The van der Waals surface area contributed by atoms with Gasteiger partial charge in [-0.15, -0.1) is 0 Å². The monoisotopic (exact) mass is 196 g/mol. The summed E-state index contributed by atoms with van der Waals surface area (Å²) in [5.41, 5.74) is 0. The second kappa shape index (κ2) is 6.46. The number of carbonyl (C=O) groups is 1. The molecule has 2 amide bonds. The van der Waals surface area contributed by atoms with Crippen molar-refractivity contribution < 1.29 is 4.79 Å². The van der Waals surface area contributed by atoms with Gasteiger partial charge < -0.3 is 10.6 Å². The third-order valence-corrected chi connectivity index (χ3v) is 2.46. The van der Waals surface area contributed by atoms with Gasteiger partial charge in [-0.25, -0.2) is 4.79 Å². The third kappa shape index (κ3) is 4.30. The Hall–Kier alpha value is -0.990. The number of carbonyl (C=O) groups excluding carboxylic acids is 1. The summed E-state index contributed by atoms with van der Waals surface area (Å²) in [5.74, 6) is 0.632. The molecule has 1 rings (SSSR count). The smallest absolute Gasteiger partial charge is 0.314 e. The van der Waals surface area contributed by atoms with E-state index in [2.05, 4.69) is 22.8 Å². The highest BCUT2D eigenvalue weighted by molar-refractivity contribution is 5.73. The number of hydrogen-bond donors (Lipinski definition) is 2. The van der Waals surface area contributed by atoms with E-state index in [1.54, 1.807) is 0 Å². The van der Waals surface area contributed by atoms with E-state index in [0.717, 1.165) is 32.4 Å². The number of rotatable bonds is 4. The molecule has 0 aromatic carbocycles. The SMILES string of the molecule is CCCNC(=O)NCC1CC=CCC1. The predicted molar refractivity (Wildman–Crippen MR) is 58.2 cm³/mol. The fraction of sp³-hybridized carbons (Fsp3) is 0.727. The second-order valence-electron chi connectivity index (χ2n) is 3.79. The lowest BCUT2D eigenvalue weighted by atomic mass is 9.94. The minimum atomic E-state index is -0.0265. The number of allylic oxidation sites excluding steroid dienone is 2. The largest absolute Gasteiger partial charge is 0.338 e. The summed E-state index contributed by atoms with van der Waals surface area (Å²) in [6, 6.07) is -0.0265. The molecule has 0 spiro atoms. The Kier molecular flexibility index (Phi) is 5.12. The summed E-state index contributed by atoms with van der Waals surface area (Å²) in [5, 5.41) is 5.71. The summed E-state index contributed by atoms with van der Waals surface area (Å²) < 4.78 is 0. The van der Waals surface area contributed by atoms with Gasteiger partial charge in [-0.1, -0.05) is 19.1 Å². The van der Waals surface area contributed by atoms with Gasteiger partial charge in [0.25, 0.3) is 0 Å². The summed E-state index contributed by atoms with van der Waals surface area (Å²) in [4.78, 5) is 11.2. The van der Waals surface area contributed by atoms with E-state index in [4.69, 9.17) is 0 Å². The van der Waals surface area contributed by atoms with Crippen LogP contribution in [0.4, 0.5) is 4.79 Å². The van der Waals surface area contributed by atoms with Gasteiger partial charge >= 0.3 is 6.03 Å². The third-order valence-electron chi connectivity index (χ3n) is 2.46. The maximum atomic E-state index is 11.2. The Morgan fingerprint density at radius 2 is 2.29 bits per heavy atom. The van der Waals surface area contributed by atoms with Crippen LogP contribution in [0.2, 0.25) is 0 Å². The molecule has 1 aliphatic rings. The minimum Gasteiger partial charge on any atom is -0.338 e. The molecule has 1 unspecified atom stereocenters. The molecule has 14 heavy (non-hydrogen) atoms. The number of amides is 2. The molecule has 80 valence electrons. The molecule has 0 saturated heterocycles. The molecule has 0 bridgehead atoms. The zero-order valence-electron chi connectivity index (χ0n) is 8.88. The predicted octanol–water partition coefficient (Wildman–Crippen LogP) is 2.05. The molecule has 3 heteroatoms. The van der Waals surface area contributed by atoms with Gasteiger partial charge in [-0.3, -0.25) is 0 Å². The molecular weight excluding hydrogens is 176 g/mol. The second-order valence-corrected chi connectivity index (χ2v) is 3.79. The summed E-state index contributed by atoms with van der Waals surface area (Å²) in [7, 11) is 0. The van der Waals surface area contributed by atoms with Crippen LogP contribution in [0, 0.1) is 5.92 Å². The fourth-order valence-electron chi connectivity index (χ4n) is 1.58. The molecule has 0 radical (unpaired) electrons. The maximum Gasteiger partial charge on any atom is 0.314 e. The minimum absolute atomic E-state index is 0.0265. The summed E-state index contributed by atoms with van der Waals surface area (Å²) in [6.07, 6.45) is 8.87. The van der Waals surface area contributed by atoms with Crippen molar-refractivity contribution in [2.45, 2.75) is 32.6 Å². The Morgan fingerprint density at radius 1 is 1.43 bits per heavy atom. The molecule has 0 aromatic rings. The number of hydrogen-bond acceptors (Lipinski definition) is 1. The topological polar surface area (TPSA) is 41.1 Å². The van der Waals surface area contributed by atoms with Gasteiger partial charge in [0.1, 0.15) is 0 Å². The zero-order chi connectivity index (χ0) is 10.2. The van der Waals surface area contributed by atoms with Crippen LogP contribution in [-0.4, -0.2) is 19.1 Å². The molecule has 0 aromatic heterocycles. The Morgan fingerprint density at radius 3 is 2.93 bits per heavy atom. The van der Waals surface area contributed by atoms with Gasteiger partial charge in [0, 0.05) is 13.1 Å². The van der Waals surface area contributed by atoms with Crippen LogP contribution in [0.1, 0.15) is 32.6 Å². The van der Waals surface area contributed by atoms with Crippen molar-refractivity contribution in [3.05, 3.63) is 12.2 Å². The Labute approximate surface area is 86.0 Å². The quantitative estimate of drug-likeness (QED) is 0.664. The lowest BCUT2D eigenvalue weighted by molar-refractivity contribution is 0.238. The van der Waals surface area contributed by atoms with Crippen molar-refractivity contribution >= 4 is 6.03 Å². The zero-order valence-corrected chi connectivity index (χ0v) is 8.88. The van der Waals surface area contributed by atoms with Gasteiger partial charge in [-0.2, -0.15) is 0 Å². The Bertz CT molecular complexity index is 201. The summed E-state index contributed by atoms with van der Waals surface area (Å²) in [6.45, 7) is 3.61. The average molecular weight is 196 g/mol. The Balaban J connectivity index is 2.07. The first-order valence-electron chi connectivity index (χ1n) is 5.49. The van der Waals surface area contributed by atoms with Gasteiger partial charge in [0.15, 0.2) is 0 Å². The van der Waals surface area contributed by atoms with Crippen LogP contribution >= 0.6 is 0 Å². The highest BCUT2D eigenvalue weighted by atomic mass is 16.2. The van der Waals surface area contributed by atoms with Crippen LogP contribution in [0.3, 0.4) is 0 Å². The lowest BCUT2D eigenvalue weighted by Gasteiger charge is -2.18. The summed E-state index contributed by atoms with van der Waals surface area (Å²) >= 11 is 0. The van der Waals surface area contributed by atoms with Crippen molar-refractivity contribution in [2.75, 3.05) is 13.1 Å². The van der Waals surface area contributed by atoms with Crippen molar-refractivity contribution in [1.29, 1.82) is 0 Å². The van der Waals surface area contributed by atoms with E-state index in [1.165, 1.54) is 6.42 Å². The van der Waals surface area contributed by atoms with E-state index in [-0.39, 0.29) is 6.03 Å². The van der Waals surface area contributed by atoms with E-state index < -0.39 is 0 Å². The molecule has 0 fully saturated rings. The van der Waals surface area contributed by atoms with Crippen LogP contribution in [0.5, 0.6) is 0 Å². The molecule has 3 nitrogen and oxygen atoms in total. The molecule has 2 N–H and O–H groups in total. The van der Waals surface area contributed by atoms with Crippen molar-refractivity contribution in [3.63, 3.8) is 0 Å². The van der Waals surface area contributed by atoms with E-state index >= 15 is 0 Å². The highest BCUT2D eigenvalue weighted by Crippen LogP contribution is 2.16. The lowest BCUT2D eigenvalue weighted by Crippen LogP contribution is -2.38. The van der Waals surface area contributed by atoms with E-state index in [1.807, 2.05) is 6.92 Å². The number of nitrogens with one attached hydrogen (secondary N) is 2. The average Bonchev–Trinajstić information content (AvgIpc) is 2.25. The normalized spacial score (nSPS) is 20.5. The molecular formula is C11H20N2O. The van der Waals surface area contributed by atoms with Gasteiger partial charge in [0.05, 0.1) is 0 Å². The fourth-order valence-corrected chi connectivity index (χ4v) is 1.58. The highest BCUT2D eigenvalue weighted by Gasteiger charge is 2.10. The molecule has 1 atom stereocenters. The maximum absolute atomic E-state index is 11.2. The van der Waals surface area contributed by atoms with Crippen LogP contribution in [0.25, 0.3) is 0 Å². The van der Waals surface area contributed by atoms with E-state index in [0.29, 0.717) is 5.92 Å². The van der Waals surface area contributed by atoms with Gasteiger partial charge in [-0.05, 0) is 31.6 Å². The standard InChI is InChI=1S/C11H20N2O/c1-2-8-12-11(14)13-9-10-6-4-3-5-7-10/h3-4,10H,2,5-9H2,1H3,(H2,12,13,14). The van der Waals surface area contributed by atoms with Crippen molar-refractivity contribution in [2.24, 2.45) is 5.92 Å². The molecule has 0 aliphatic heterocycles. The van der Waals surface area contributed by atoms with Crippen LogP contribution < -0.4 is 10.6 Å². The van der Waals surface area contributed by atoms with E-state index in [9.17, 15) is 4.79 Å².